The van der Waals surface area contributed by atoms with Crippen LogP contribution in [0.15, 0.2) is 17.0 Å². The summed E-state index contributed by atoms with van der Waals surface area (Å²) in [5.74, 6) is 0. The number of sulfonamides is 1. The van der Waals surface area contributed by atoms with Crippen molar-refractivity contribution >= 4 is 15.7 Å². The molecule has 0 saturated carbocycles. The quantitative estimate of drug-likeness (QED) is 0.811. The third kappa shape index (κ3) is 3.56. The summed E-state index contributed by atoms with van der Waals surface area (Å²) in [6.07, 6.45) is 2.18. The van der Waals surface area contributed by atoms with E-state index in [0.29, 0.717) is 18.3 Å². The van der Waals surface area contributed by atoms with Crippen LogP contribution in [-0.4, -0.2) is 39.0 Å². The Morgan fingerprint density at radius 3 is 2.71 bits per heavy atom. The topological polar surface area (TPSA) is 75.4 Å². The van der Waals surface area contributed by atoms with E-state index >= 15 is 0 Å². The highest BCUT2D eigenvalue weighted by Gasteiger charge is 2.25. The molecule has 1 saturated heterocycles. The van der Waals surface area contributed by atoms with Crippen molar-refractivity contribution in [2.45, 2.75) is 44.6 Å². The summed E-state index contributed by atoms with van der Waals surface area (Å²) in [6.45, 7) is 8.36. The van der Waals surface area contributed by atoms with Gasteiger partial charge in [0.25, 0.3) is 0 Å². The average molecular weight is 311 g/mol. The molecule has 0 bridgehead atoms. The van der Waals surface area contributed by atoms with Crippen LogP contribution in [0.5, 0.6) is 0 Å². The number of hydrogen-bond donors (Lipinski definition) is 2. The lowest BCUT2D eigenvalue weighted by Crippen LogP contribution is -2.40. The van der Waals surface area contributed by atoms with Gasteiger partial charge in [-0.15, -0.1) is 0 Å². The van der Waals surface area contributed by atoms with E-state index in [9.17, 15) is 8.42 Å². The highest BCUT2D eigenvalue weighted by Crippen LogP contribution is 2.22. The van der Waals surface area contributed by atoms with Gasteiger partial charge in [-0.2, -0.15) is 0 Å². The molecule has 1 unspecified atom stereocenters. The maximum absolute atomic E-state index is 12.4. The standard InChI is InChI=1S/C15H25N3O2S/c1-4-18-7-5-6-13(18)10-17-21(19,20)14-8-11(2)12(3)15(16)9-14/h8-9,13,17H,4-7,10,16H2,1-3H3. The minimum atomic E-state index is -3.50. The van der Waals surface area contributed by atoms with Gasteiger partial charge in [-0.3, -0.25) is 4.90 Å². The molecule has 1 atom stereocenters. The number of benzene rings is 1. The molecule has 0 spiro atoms. The Labute approximate surface area is 127 Å². The Kier molecular flexibility index (Phi) is 4.91. The predicted molar refractivity (Wildman–Crippen MR) is 85.8 cm³/mol. The summed E-state index contributed by atoms with van der Waals surface area (Å²) in [7, 11) is -3.50. The number of nitrogens with zero attached hydrogens (tertiary/aromatic N) is 1. The van der Waals surface area contributed by atoms with Gasteiger partial charge in [0.1, 0.15) is 0 Å². The van der Waals surface area contributed by atoms with Crippen molar-refractivity contribution in [3.8, 4) is 0 Å². The van der Waals surface area contributed by atoms with E-state index in [0.717, 1.165) is 37.1 Å². The molecular weight excluding hydrogens is 286 g/mol. The van der Waals surface area contributed by atoms with Crippen LogP contribution in [0.25, 0.3) is 0 Å². The molecule has 2 rings (SSSR count). The Morgan fingerprint density at radius 2 is 2.10 bits per heavy atom. The summed E-state index contributed by atoms with van der Waals surface area (Å²) >= 11 is 0. The summed E-state index contributed by atoms with van der Waals surface area (Å²) in [5, 5.41) is 0. The first-order valence-corrected chi connectivity index (χ1v) is 8.94. The molecule has 1 aromatic rings. The van der Waals surface area contributed by atoms with Crippen LogP contribution in [0.4, 0.5) is 5.69 Å². The lowest BCUT2D eigenvalue weighted by Gasteiger charge is -2.23. The van der Waals surface area contributed by atoms with E-state index in [-0.39, 0.29) is 4.90 Å². The Hall–Kier alpha value is -1.11. The van der Waals surface area contributed by atoms with E-state index in [4.69, 9.17) is 5.73 Å². The maximum Gasteiger partial charge on any atom is 0.240 e. The van der Waals surface area contributed by atoms with Gasteiger partial charge in [0.15, 0.2) is 0 Å². The van der Waals surface area contributed by atoms with E-state index in [1.165, 1.54) is 6.07 Å². The number of hydrogen-bond acceptors (Lipinski definition) is 4. The molecule has 0 aromatic heterocycles. The zero-order chi connectivity index (χ0) is 15.6. The summed E-state index contributed by atoms with van der Waals surface area (Å²) in [4.78, 5) is 2.57. The minimum absolute atomic E-state index is 0.254. The van der Waals surface area contributed by atoms with Gasteiger partial charge in [-0.1, -0.05) is 6.92 Å². The van der Waals surface area contributed by atoms with Crippen LogP contribution < -0.4 is 10.5 Å². The van der Waals surface area contributed by atoms with Crippen molar-refractivity contribution in [3.63, 3.8) is 0 Å². The van der Waals surface area contributed by atoms with E-state index in [1.54, 1.807) is 6.07 Å². The molecule has 0 aliphatic carbocycles. The van der Waals surface area contributed by atoms with Crippen molar-refractivity contribution in [3.05, 3.63) is 23.3 Å². The smallest absolute Gasteiger partial charge is 0.240 e. The molecule has 1 fully saturated rings. The van der Waals surface area contributed by atoms with E-state index < -0.39 is 10.0 Å². The van der Waals surface area contributed by atoms with Gasteiger partial charge < -0.3 is 5.73 Å². The molecule has 21 heavy (non-hydrogen) atoms. The van der Waals surface area contributed by atoms with Crippen LogP contribution in [0.2, 0.25) is 0 Å². The highest BCUT2D eigenvalue weighted by atomic mass is 32.2. The summed E-state index contributed by atoms with van der Waals surface area (Å²) < 4.78 is 27.6. The monoisotopic (exact) mass is 311 g/mol. The first kappa shape index (κ1) is 16.3. The van der Waals surface area contributed by atoms with Crippen LogP contribution in [0.1, 0.15) is 30.9 Å². The molecule has 118 valence electrons. The second-order valence-electron chi connectivity index (χ2n) is 5.73. The lowest BCUT2D eigenvalue weighted by molar-refractivity contribution is 0.268. The van der Waals surface area contributed by atoms with Crippen molar-refractivity contribution in [2.24, 2.45) is 0 Å². The number of aryl methyl sites for hydroxylation is 1. The first-order chi connectivity index (χ1) is 9.85. The van der Waals surface area contributed by atoms with Crippen LogP contribution in [0.3, 0.4) is 0 Å². The number of likely N-dealkylation sites (tertiary alicyclic amines) is 1. The number of anilines is 1. The fourth-order valence-corrected chi connectivity index (χ4v) is 4.03. The van der Waals surface area contributed by atoms with Crippen LogP contribution in [-0.2, 0) is 10.0 Å². The highest BCUT2D eigenvalue weighted by molar-refractivity contribution is 7.89. The predicted octanol–water partition coefficient (Wildman–Crippen LogP) is 1.65. The Balaban J connectivity index is 2.12. The zero-order valence-electron chi connectivity index (χ0n) is 13.0. The van der Waals surface area contributed by atoms with Crippen molar-refractivity contribution < 1.29 is 8.42 Å². The second-order valence-corrected chi connectivity index (χ2v) is 7.50. The average Bonchev–Trinajstić information content (AvgIpc) is 2.89. The molecule has 1 heterocycles. The van der Waals surface area contributed by atoms with Gasteiger partial charge in [-0.25, -0.2) is 13.1 Å². The number of nitrogens with two attached hydrogens (primary N) is 1. The third-order valence-corrected chi connectivity index (χ3v) is 5.81. The summed E-state index contributed by atoms with van der Waals surface area (Å²) in [5.41, 5.74) is 8.23. The molecule has 1 aliphatic heterocycles. The van der Waals surface area contributed by atoms with Gasteiger partial charge in [0.2, 0.25) is 10.0 Å². The van der Waals surface area contributed by atoms with Gasteiger partial charge in [-0.05, 0) is 63.0 Å². The van der Waals surface area contributed by atoms with Gasteiger partial charge in [0.05, 0.1) is 4.90 Å². The number of nitrogen functional groups attached to an aromatic ring is 1. The Bertz CT molecular complexity index is 590. The number of rotatable bonds is 5. The van der Waals surface area contributed by atoms with Gasteiger partial charge in [0, 0.05) is 18.3 Å². The first-order valence-electron chi connectivity index (χ1n) is 7.45. The molecule has 5 nitrogen and oxygen atoms in total. The molecule has 6 heteroatoms. The van der Waals surface area contributed by atoms with Crippen LogP contribution >= 0.6 is 0 Å². The fraction of sp³-hybridized carbons (Fsp3) is 0.600. The van der Waals surface area contributed by atoms with E-state index in [2.05, 4.69) is 16.5 Å². The van der Waals surface area contributed by atoms with E-state index in [1.807, 2.05) is 13.8 Å². The van der Waals surface area contributed by atoms with Crippen LogP contribution in [0, 0.1) is 13.8 Å². The second kappa shape index (κ2) is 6.34. The number of likely N-dealkylation sites (N-methyl/N-ethyl adjacent to an activating group) is 1. The van der Waals surface area contributed by atoms with Crippen molar-refractivity contribution in [2.75, 3.05) is 25.4 Å². The fourth-order valence-electron chi connectivity index (χ4n) is 2.84. The van der Waals surface area contributed by atoms with Crippen molar-refractivity contribution in [1.29, 1.82) is 0 Å². The summed E-state index contributed by atoms with van der Waals surface area (Å²) in [6, 6.07) is 3.52. The largest absolute Gasteiger partial charge is 0.398 e. The zero-order valence-corrected chi connectivity index (χ0v) is 13.8. The third-order valence-electron chi connectivity index (χ3n) is 4.41. The molecule has 0 amide bonds. The lowest BCUT2D eigenvalue weighted by atomic mass is 10.1. The number of nitrogens with one attached hydrogen (secondary N) is 1. The maximum atomic E-state index is 12.4. The van der Waals surface area contributed by atoms with Gasteiger partial charge >= 0.3 is 0 Å². The Morgan fingerprint density at radius 1 is 1.38 bits per heavy atom. The molecular formula is C15H25N3O2S. The SMILES string of the molecule is CCN1CCCC1CNS(=O)(=O)c1cc(C)c(C)c(N)c1. The molecule has 1 aliphatic rings. The molecule has 3 N–H and O–H groups in total. The minimum Gasteiger partial charge on any atom is -0.398 e. The van der Waals surface area contributed by atoms with Crippen molar-refractivity contribution in [1.82, 2.24) is 9.62 Å². The molecule has 0 radical (unpaired) electrons. The molecule has 1 aromatic carbocycles. The normalized spacial score (nSPS) is 20.0.